The average molecular weight is 1290 g/mol. The Hall–Kier alpha value is -5.93. The van der Waals surface area contributed by atoms with Crippen molar-refractivity contribution in [2.24, 2.45) is 91.6 Å². The summed E-state index contributed by atoms with van der Waals surface area (Å²) in [4.78, 5) is 97.3. The number of fused-ring (bicyclic) bond motifs is 3. The number of nitrogens with one attached hydrogen (secondary N) is 3. The van der Waals surface area contributed by atoms with Crippen LogP contribution in [0.5, 0.6) is 5.75 Å². The molecule has 15 aliphatic carbocycles. The van der Waals surface area contributed by atoms with Crippen LogP contribution in [0.4, 0.5) is 0 Å². The van der Waals surface area contributed by atoms with E-state index in [1.54, 1.807) is 39.0 Å². The minimum absolute atomic E-state index is 0.0352. The number of piperidine rings is 3. The third kappa shape index (κ3) is 11.4. The summed E-state index contributed by atoms with van der Waals surface area (Å²) in [6.07, 6.45) is 18.7. The van der Waals surface area contributed by atoms with Crippen LogP contribution in [-0.4, -0.2) is 161 Å². The highest BCUT2D eigenvalue weighted by Gasteiger charge is 2.72. The van der Waals surface area contributed by atoms with Crippen LogP contribution in [0.15, 0.2) is 24.3 Å². The highest BCUT2D eigenvalue weighted by atomic mass is 16.3. The first-order valence-electron chi connectivity index (χ1n) is 35.5. The number of carbonyl (C=O) groups excluding carboxylic acids is 6. The van der Waals surface area contributed by atoms with E-state index in [9.17, 15) is 49.2 Å². The van der Waals surface area contributed by atoms with Gasteiger partial charge in [-0.1, -0.05) is 39.8 Å². The highest BCUT2D eigenvalue weighted by Crippen LogP contribution is 2.68. The Morgan fingerprint density at radius 3 is 1.29 bits per heavy atom. The fraction of sp³-hybridized carbons (Fsp3) is 0.792. The SMILES string of the molecule is [C-]#[N+]C1CC2(C)CC2N1C(=O)C(NC(=O)C(N)C(C)C)C12CC3CC(CC(O)(C3)C1)C2.[C-]#[N+]C1CC2(C)CC2N1C(=O)C(NC(=O)CN)C12CC3CC(CC(O)(C3)C1)C2.[C-]#[N+]C1CC2CC2N1C(=O)C(NC(=O)C(N)Cc1ccc(O)cc1)C12CC3CC(CC(O)(C3)C1)C2. The number of amides is 6. The number of hydrogen-bond acceptors (Lipinski definition) is 13. The molecule has 20 atom stereocenters. The maximum absolute atomic E-state index is 14.1. The molecule has 20 unspecified atom stereocenters. The van der Waals surface area contributed by atoms with Gasteiger partial charge in [0.25, 0.3) is 17.7 Å². The first-order chi connectivity index (χ1) is 44.4. The minimum Gasteiger partial charge on any atom is -0.508 e. The molecular weight excluding hydrogens is 1190 g/mol. The van der Waals surface area contributed by atoms with E-state index in [-0.39, 0.29) is 89.0 Å². The predicted molar refractivity (Wildman–Crippen MR) is 344 cm³/mol. The van der Waals surface area contributed by atoms with Crippen molar-refractivity contribution in [1.29, 1.82) is 0 Å². The van der Waals surface area contributed by atoms with Gasteiger partial charge in [-0.25, -0.2) is 19.7 Å². The highest BCUT2D eigenvalue weighted by molar-refractivity contribution is 5.93. The molecule has 3 saturated heterocycles. The van der Waals surface area contributed by atoms with Crippen LogP contribution in [0.2, 0.25) is 0 Å². The fourth-order valence-electron chi connectivity index (χ4n) is 23.9. The summed E-state index contributed by atoms with van der Waals surface area (Å²) in [5.74, 6) is 1.44. The van der Waals surface area contributed by atoms with Crippen LogP contribution in [-0.2, 0) is 35.2 Å². The lowest BCUT2D eigenvalue weighted by Crippen LogP contribution is -2.67. The predicted octanol–water partition coefficient (Wildman–Crippen LogP) is 5.00. The summed E-state index contributed by atoms with van der Waals surface area (Å²) in [7, 11) is 0. The molecule has 508 valence electrons. The molecule has 15 saturated carbocycles. The molecule has 1 aromatic rings. The monoisotopic (exact) mass is 1290 g/mol. The van der Waals surface area contributed by atoms with E-state index >= 15 is 0 Å². The summed E-state index contributed by atoms with van der Waals surface area (Å²) in [6, 6.07) is 3.17. The number of benzene rings is 1. The van der Waals surface area contributed by atoms with E-state index in [2.05, 4.69) is 44.3 Å². The molecule has 6 amide bonds. The van der Waals surface area contributed by atoms with E-state index in [0.29, 0.717) is 80.0 Å². The zero-order valence-electron chi connectivity index (χ0n) is 55.3. The zero-order valence-corrected chi connectivity index (χ0v) is 55.3. The molecule has 19 rings (SSSR count). The molecular formula is C72H100N12O10. The van der Waals surface area contributed by atoms with Gasteiger partial charge in [0.1, 0.15) is 23.9 Å². The molecule has 0 aromatic heterocycles. The summed E-state index contributed by atoms with van der Waals surface area (Å²) in [5.41, 5.74) is 15.4. The lowest BCUT2D eigenvalue weighted by molar-refractivity contribution is -0.182. The summed E-state index contributed by atoms with van der Waals surface area (Å²) < 4.78 is 0. The van der Waals surface area contributed by atoms with Gasteiger partial charge in [0.05, 0.1) is 48.3 Å². The van der Waals surface area contributed by atoms with E-state index in [1.165, 1.54) is 0 Å². The third-order valence-electron chi connectivity index (χ3n) is 27.1. The fourth-order valence-corrected chi connectivity index (χ4v) is 23.9. The van der Waals surface area contributed by atoms with Gasteiger partial charge in [-0.15, -0.1) is 0 Å². The number of aromatic hydroxyl groups is 1. The summed E-state index contributed by atoms with van der Waals surface area (Å²) in [6.45, 7) is 30.8. The summed E-state index contributed by atoms with van der Waals surface area (Å²) >= 11 is 0. The van der Waals surface area contributed by atoms with Gasteiger partial charge in [0.15, 0.2) is 0 Å². The Balaban J connectivity index is 0.000000123. The van der Waals surface area contributed by atoms with Crippen molar-refractivity contribution in [1.82, 2.24) is 30.7 Å². The molecule has 13 N–H and O–H groups in total. The number of aliphatic hydroxyl groups is 3. The van der Waals surface area contributed by atoms with E-state index in [1.807, 2.05) is 13.8 Å². The Morgan fingerprint density at radius 1 is 0.532 bits per heavy atom. The number of likely N-dealkylation sites (tertiary alicyclic amines) is 3. The summed E-state index contributed by atoms with van der Waals surface area (Å²) in [5, 5.41) is 52.4. The van der Waals surface area contributed by atoms with Crippen LogP contribution in [0.1, 0.15) is 187 Å². The Bertz CT molecular complexity index is 3350. The van der Waals surface area contributed by atoms with Crippen molar-refractivity contribution in [2.75, 3.05) is 6.54 Å². The molecule has 22 heteroatoms. The number of rotatable bonds is 15. The molecule has 12 bridgehead atoms. The second kappa shape index (κ2) is 22.8. The van der Waals surface area contributed by atoms with Crippen LogP contribution >= 0.6 is 0 Å². The number of nitrogens with zero attached hydrogens (tertiary/aromatic N) is 6. The smallest absolute Gasteiger partial charge is 0.301 e. The second-order valence-electron chi connectivity index (χ2n) is 35.0. The quantitative estimate of drug-likeness (QED) is 0.104. The standard InChI is InChI=1S/C27H34N4O4.C24H36N4O3.C21H30N4O3/c1-29-22-9-18-8-21(18)31(22)25(34)23(26-10-16-6-17(11-26)13-27(35,12-16)14-26)30-24(33)20(28)7-15-2-4-19(32)5-3-15;1-13(2)18(25)20(29)27-19(21(30)28-16-10-22(16,3)11-17(28)26-4)23-6-14-5-15(7-23)9-24(31,8-14)12-23;1-19-8-14(19)25(15(9-19)23-2)18(27)17(24-16(26)10-22)20-4-12-3-13(5-20)7-21(28,6-12)11-20/h2-5,16-18,20-23,32,35H,6-14,28H2,(H,30,33);13-19,31H,5-12,25H2,1-3H3,(H,27,29);12-15,17,28H,3-11,22H2,1H3,(H,24,26). The lowest BCUT2D eigenvalue weighted by atomic mass is 9.46. The van der Waals surface area contributed by atoms with E-state index < -0.39 is 81.8 Å². The Kier molecular flexibility index (Phi) is 15.9. The van der Waals surface area contributed by atoms with Gasteiger partial charge in [-0.2, -0.15) is 0 Å². The minimum atomic E-state index is -0.851. The largest absolute Gasteiger partial charge is 0.508 e. The average Bonchev–Trinajstić information content (AvgIpc) is 1.31. The molecule has 0 radical (unpaired) electrons. The van der Waals surface area contributed by atoms with Crippen molar-refractivity contribution in [3.8, 4) is 5.75 Å². The molecule has 3 aliphatic heterocycles. The first-order valence-corrected chi connectivity index (χ1v) is 35.5. The number of nitrogens with two attached hydrogens (primary N) is 3. The van der Waals surface area contributed by atoms with Crippen LogP contribution in [0, 0.1) is 94.1 Å². The van der Waals surface area contributed by atoms with Crippen molar-refractivity contribution >= 4 is 35.4 Å². The van der Waals surface area contributed by atoms with E-state index in [0.717, 1.165) is 121 Å². The first kappa shape index (κ1) is 65.4. The van der Waals surface area contributed by atoms with Crippen LogP contribution in [0.3, 0.4) is 0 Å². The van der Waals surface area contributed by atoms with Gasteiger partial charge in [0, 0.05) is 40.8 Å². The molecule has 0 spiro atoms. The van der Waals surface area contributed by atoms with Crippen molar-refractivity contribution in [2.45, 2.75) is 272 Å². The molecule has 3 heterocycles. The molecule has 1 aromatic carbocycles. The van der Waals surface area contributed by atoms with Crippen molar-refractivity contribution < 1.29 is 49.2 Å². The van der Waals surface area contributed by atoms with Gasteiger partial charge in [-0.05, 0) is 217 Å². The third-order valence-corrected chi connectivity index (χ3v) is 27.1. The van der Waals surface area contributed by atoms with Gasteiger partial charge >= 0.3 is 18.5 Å². The molecule has 18 fully saturated rings. The van der Waals surface area contributed by atoms with Crippen molar-refractivity contribution in [3.63, 3.8) is 0 Å². The van der Waals surface area contributed by atoms with Crippen LogP contribution in [0.25, 0.3) is 14.5 Å². The topological polar surface area (TPSA) is 320 Å². The maximum atomic E-state index is 14.1. The molecule has 22 nitrogen and oxygen atoms in total. The second-order valence-corrected chi connectivity index (χ2v) is 35.0. The number of phenols is 1. The van der Waals surface area contributed by atoms with Crippen molar-refractivity contribution in [3.05, 3.63) is 64.1 Å². The Morgan fingerprint density at radius 2 is 0.915 bits per heavy atom. The van der Waals surface area contributed by atoms with E-state index in [4.69, 9.17) is 36.9 Å². The van der Waals surface area contributed by atoms with Gasteiger partial charge < -0.3 is 53.6 Å². The number of carbonyl (C=O) groups is 6. The lowest BCUT2D eigenvalue weighted by Gasteiger charge is -2.62. The number of phenolic OH excluding ortho intramolecular Hbond substituents is 1. The maximum Gasteiger partial charge on any atom is 0.301 e. The number of hydrogen-bond donors (Lipinski definition) is 10. The van der Waals surface area contributed by atoms with Crippen LogP contribution < -0.4 is 33.2 Å². The normalized spacial score (nSPS) is 44.7. The Labute approximate surface area is 552 Å². The molecule has 18 aliphatic rings. The van der Waals surface area contributed by atoms with Gasteiger partial charge in [0.2, 0.25) is 17.7 Å². The molecule has 94 heavy (non-hydrogen) atoms. The zero-order chi connectivity index (χ0) is 66.8. The van der Waals surface area contributed by atoms with Gasteiger partial charge in [-0.3, -0.25) is 58.0 Å².